The summed E-state index contributed by atoms with van der Waals surface area (Å²) in [5, 5.41) is 6.60. The van der Waals surface area contributed by atoms with Gasteiger partial charge in [-0.3, -0.25) is 9.18 Å². The van der Waals surface area contributed by atoms with Gasteiger partial charge in [0, 0.05) is 23.1 Å². The molecule has 3 N–H and O–H groups in total. The van der Waals surface area contributed by atoms with Gasteiger partial charge in [-0.1, -0.05) is 19.9 Å². The van der Waals surface area contributed by atoms with Crippen LogP contribution in [0.2, 0.25) is 0 Å². The van der Waals surface area contributed by atoms with Crippen LogP contribution in [-0.4, -0.2) is 41.1 Å². The summed E-state index contributed by atoms with van der Waals surface area (Å²) in [6.45, 7) is 2.57. The van der Waals surface area contributed by atoms with Crippen molar-refractivity contribution in [2.24, 2.45) is 34.3 Å². The third kappa shape index (κ3) is 4.79. The summed E-state index contributed by atoms with van der Waals surface area (Å²) in [5.41, 5.74) is 2.25. The molecule has 4 saturated carbocycles. The Morgan fingerprint density at radius 3 is 2.47 bits per heavy atom. The Morgan fingerprint density at radius 1 is 1.26 bits per heavy atom. The average Bonchev–Trinajstić information content (AvgIpc) is 3.18. The number of aromatic nitrogens is 2. The average molecular weight is 487 g/mol. The largest absolute Gasteiger partial charge is 0.449 e. The number of nitrogens with one attached hydrogen (secondary N) is 1. The van der Waals surface area contributed by atoms with E-state index in [1.54, 1.807) is 13.8 Å². The lowest BCUT2D eigenvalue weighted by atomic mass is 9.48. The molecule has 1 heterocycles. The summed E-state index contributed by atoms with van der Waals surface area (Å²) in [6.07, 6.45) is 1.75. The number of rotatable bonds is 7. The quantitative estimate of drug-likeness (QED) is 0.559. The second kappa shape index (κ2) is 8.57. The number of amides is 2. The van der Waals surface area contributed by atoms with E-state index in [1.807, 2.05) is 0 Å². The van der Waals surface area contributed by atoms with E-state index in [2.05, 4.69) is 10.4 Å². The minimum absolute atomic E-state index is 0.0984. The summed E-state index contributed by atoms with van der Waals surface area (Å²) in [5.74, 6) is -0.182. The van der Waals surface area contributed by atoms with Gasteiger partial charge in [-0.2, -0.15) is 18.3 Å². The fourth-order valence-electron chi connectivity index (χ4n) is 6.30. The third-order valence-electron chi connectivity index (χ3n) is 7.54. The number of carbonyl (C=O) groups excluding carboxylic acids is 2. The van der Waals surface area contributed by atoms with E-state index in [0.29, 0.717) is 10.6 Å². The Bertz CT molecular complexity index is 971. The lowest BCUT2D eigenvalue weighted by Gasteiger charge is -2.59. The maximum Gasteiger partial charge on any atom is 0.434 e. The highest BCUT2D eigenvalue weighted by Crippen LogP contribution is 2.60. The molecule has 0 radical (unpaired) electrons. The fourth-order valence-corrected chi connectivity index (χ4v) is 6.30. The van der Waals surface area contributed by atoms with Gasteiger partial charge in [0.15, 0.2) is 5.69 Å². The molecule has 4 bridgehead atoms. The zero-order chi connectivity index (χ0) is 24.9. The van der Waals surface area contributed by atoms with Gasteiger partial charge in [0.05, 0.1) is 25.0 Å². The summed E-state index contributed by atoms with van der Waals surface area (Å²) < 4.78 is 60.4. The van der Waals surface area contributed by atoms with Crippen molar-refractivity contribution >= 4 is 18.2 Å². The van der Waals surface area contributed by atoms with Gasteiger partial charge in [0.25, 0.3) is 5.91 Å². The summed E-state index contributed by atoms with van der Waals surface area (Å²) in [4.78, 5) is 24.1. The van der Waals surface area contributed by atoms with Crippen LogP contribution in [0.15, 0.2) is 12.3 Å². The highest BCUT2D eigenvalue weighted by molar-refractivity contribution is 5.95. The molecule has 4 fully saturated rings. The van der Waals surface area contributed by atoms with E-state index < -0.39 is 41.5 Å². The first-order chi connectivity index (χ1) is 15.8. The predicted molar refractivity (Wildman–Crippen MR) is 115 cm³/mol. The van der Waals surface area contributed by atoms with E-state index in [-0.39, 0.29) is 29.9 Å². The van der Waals surface area contributed by atoms with Crippen molar-refractivity contribution < 1.29 is 31.9 Å². The molecule has 34 heavy (non-hydrogen) atoms. The first-order valence-corrected chi connectivity index (χ1v) is 11.5. The smallest absolute Gasteiger partial charge is 0.434 e. The summed E-state index contributed by atoms with van der Waals surface area (Å²) in [6, 6.07) is -0.254. The molecule has 0 aliphatic heterocycles. The molecule has 0 aromatic carbocycles. The molecule has 1 aromatic rings. The van der Waals surface area contributed by atoms with Crippen molar-refractivity contribution in [2.75, 3.05) is 13.3 Å². The number of allylic oxidation sites excluding steroid dienone is 1. The molecule has 188 valence electrons. The van der Waals surface area contributed by atoms with E-state index in [0.717, 1.165) is 44.5 Å². The Morgan fingerprint density at radius 2 is 1.91 bits per heavy atom. The van der Waals surface area contributed by atoms with Gasteiger partial charge in [0.1, 0.15) is 0 Å². The van der Waals surface area contributed by atoms with Gasteiger partial charge in [-0.05, 0) is 49.9 Å². The highest BCUT2D eigenvalue weighted by atomic mass is 19.4. The first kappa shape index (κ1) is 24.5. The number of nitrogens with two attached hydrogens (primary N) is 1. The van der Waals surface area contributed by atoms with Crippen LogP contribution in [0, 0.1) is 28.6 Å². The molecule has 4 aliphatic carbocycles. The van der Waals surface area contributed by atoms with Crippen LogP contribution < -0.4 is 11.1 Å². The number of primary amides is 1. The standard InChI is InChI=1S/C23H30F4N4O3/c1-21(2,11-24)3-4-31-18(23(25,26)27)16(10-29-31)19(32)30-17-14-5-13-6-15(17)9-22(7-13,8-14)12-34-20(28)33/h3-4,10,13-15,17H,5-9,11-12H2,1-2H3,(H2,28,33)(H,30,32)/b4-3+/t13?,14?,15?,17-,22-. The van der Waals surface area contributed by atoms with Crippen LogP contribution in [0.1, 0.15) is 62.0 Å². The lowest BCUT2D eigenvalue weighted by molar-refractivity contribution is -0.142. The van der Waals surface area contributed by atoms with Gasteiger partial charge < -0.3 is 15.8 Å². The van der Waals surface area contributed by atoms with Crippen molar-refractivity contribution in [3.05, 3.63) is 23.5 Å². The van der Waals surface area contributed by atoms with Crippen LogP contribution in [0.3, 0.4) is 0 Å². The van der Waals surface area contributed by atoms with Crippen LogP contribution in [0.4, 0.5) is 22.4 Å². The first-order valence-electron chi connectivity index (χ1n) is 11.5. The molecule has 0 spiro atoms. The van der Waals surface area contributed by atoms with Gasteiger partial charge in [0.2, 0.25) is 0 Å². The van der Waals surface area contributed by atoms with E-state index in [4.69, 9.17) is 10.5 Å². The molecule has 2 unspecified atom stereocenters. The van der Waals surface area contributed by atoms with Crippen molar-refractivity contribution in [3.8, 4) is 0 Å². The van der Waals surface area contributed by atoms with Gasteiger partial charge >= 0.3 is 12.3 Å². The van der Waals surface area contributed by atoms with Crippen LogP contribution in [-0.2, 0) is 10.9 Å². The molecular weight excluding hydrogens is 456 g/mol. The number of alkyl halides is 4. The molecule has 11 heteroatoms. The molecule has 7 nitrogen and oxygen atoms in total. The molecule has 0 saturated heterocycles. The molecule has 1 aromatic heterocycles. The van der Waals surface area contributed by atoms with Crippen molar-refractivity contribution in [2.45, 2.75) is 58.2 Å². The Kier molecular flexibility index (Phi) is 6.18. The summed E-state index contributed by atoms with van der Waals surface area (Å²) in [7, 11) is 0. The molecular formula is C23H30F4N4O3. The summed E-state index contributed by atoms with van der Waals surface area (Å²) >= 11 is 0. The van der Waals surface area contributed by atoms with Crippen LogP contribution in [0.25, 0.3) is 6.20 Å². The maximum atomic E-state index is 13.9. The van der Waals surface area contributed by atoms with Gasteiger partial charge in [-0.15, -0.1) is 0 Å². The number of hydrogen-bond acceptors (Lipinski definition) is 4. The van der Waals surface area contributed by atoms with Crippen LogP contribution >= 0.6 is 0 Å². The minimum Gasteiger partial charge on any atom is -0.449 e. The zero-order valence-electron chi connectivity index (χ0n) is 19.2. The Hall–Kier alpha value is -2.59. The maximum absolute atomic E-state index is 13.9. The van der Waals surface area contributed by atoms with Crippen molar-refractivity contribution in [3.63, 3.8) is 0 Å². The fraction of sp³-hybridized carbons (Fsp3) is 0.696. The second-order valence-corrected chi connectivity index (χ2v) is 10.9. The van der Waals surface area contributed by atoms with E-state index in [9.17, 15) is 27.2 Å². The lowest BCUT2D eigenvalue weighted by Crippen LogP contribution is -2.60. The molecule has 4 aliphatic rings. The molecule has 2 amide bonds. The molecule has 2 atom stereocenters. The van der Waals surface area contributed by atoms with E-state index in [1.165, 1.54) is 6.08 Å². The number of carbonyl (C=O) groups is 2. The van der Waals surface area contributed by atoms with Crippen LogP contribution in [0.5, 0.6) is 0 Å². The van der Waals surface area contributed by atoms with Crippen molar-refractivity contribution in [1.29, 1.82) is 0 Å². The third-order valence-corrected chi connectivity index (χ3v) is 7.54. The zero-order valence-corrected chi connectivity index (χ0v) is 19.2. The SMILES string of the molecule is CC(C)(/C=C/n1ncc(C(=O)N[C@H]2C3CC4CC2C[C@](COC(N)=O)(C4)C3)c1C(F)(F)F)CF. The Balaban J connectivity index is 1.53. The monoisotopic (exact) mass is 486 g/mol. The minimum atomic E-state index is -4.83. The van der Waals surface area contributed by atoms with Crippen molar-refractivity contribution in [1.82, 2.24) is 15.1 Å². The highest BCUT2D eigenvalue weighted by Gasteiger charge is 2.56. The number of hydrogen-bond donors (Lipinski definition) is 2. The Labute approximate surface area is 195 Å². The van der Waals surface area contributed by atoms with E-state index >= 15 is 0 Å². The van der Waals surface area contributed by atoms with Gasteiger partial charge in [-0.25, -0.2) is 9.48 Å². The topological polar surface area (TPSA) is 99.2 Å². The normalized spacial score (nSPS) is 30.6. The second-order valence-electron chi connectivity index (χ2n) is 10.9. The predicted octanol–water partition coefficient (Wildman–Crippen LogP) is 4.39. The number of ether oxygens (including phenoxy) is 1. The molecule has 5 rings (SSSR count). The number of halogens is 4. The number of nitrogens with zero attached hydrogens (tertiary/aromatic N) is 2.